The number of amides is 2. The molecular formula is C23H22ClF3N2O3. The van der Waals surface area contributed by atoms with Crippen LogP contribution in [0.1, 0.15) is 33.8 Å². The average Bonchev–Trinajstić information content (AvgIpc) is 3.18. The Hall–Kier alpha value is -2.58. The predicted octanol–water partition coefficient (Wildman–Crippen LogP) is 4.53. The van der Waals surface area contributed by atoms with E-state index in [0.29, 0.717) is 26.2 Å². The third kappa shape index (κ3) is 4.61. The average molecular weight is 467 g/mol. The van der Waals surface area contributed by atoms with Crippen LogP contribution in [0.4, 0.5) is 18.9 Å². The quantitative estimate of drug-likeness (QED) is 0.674. The molecule has 2 aliphatic rings. The number of rotatable bonds is 4. The number of alkyl halides is 4. The van der Waals surface area contributed by atoms with Crippen LogP contribution in [-0.4, -0.2) is 48.4 Å². The second kappa shape index (κ2) is 9.11. The highest BCUT2D eigenvalue weighted by molar-refractivity contribution is 6.29. The van der Waals surface area contributed by atoms with Gasteiger partial charge in [0, 0.05) is 42.3 Å². The van der Waals surface area contributed by atoms with Crippen LogP contribution in [0.2, 0.25) is 0 Å². The van der Waals surface area contributed by atoms with Gasteiger partial charge >= 0.3 is 6.18 Å². The first-order valence-corrected chi connectivity index (χ1v) is 10.8. The predicted molar refractivity (Wildman–Crippen MR) is 114 cm³/mol. The van der Waals surface area contributed by atoms with E-state index in [1.807, 2.05) is 30.3 Å². The zero-order chi connectivity index (χ0) is 22.9. The van der Waals surface area contributed by atoms with Crippen molar-refractivity contribution in [3.63, 3.8) is 0 Å². The number of nitrogens with one attached hydrogen (secondary N) is 1. The maximum Gasteiger partial charge on any atom is 0.416 e. The van der Waals surface area contributed by atoms with Crippen molar-refractivity contribution in [2.45, 2.75) is 24.6 Å². The Kier molecular flexibility index (Phi) is 6.44. The molecule has 32 heavy (non-hydrogen) atoms. The van der Waals surface area contributed by atoms with Gasteiger partial charge in [-0.1, -0.05) is 30.3 Å². The van der Waals surface area contributed by atoms with Crippen molar-refractivity contribution in [3.05, 3.63) is 65.2 Å². The molecule has 2 aromatic carbocycles. The van der Waals surface area contributed by atoms with E-state index in [2.05, 4.69) is 5.32 Å². The van der Waals surface area contributed by atoms with Crippen LogP contribution in [0.5, 0.6) is 0 Å². The molecule has 0 bridgehead atoms. The molecule has 2 heterocycles. The maximum atomic E-state index is 13.5. The number of ether oxygens (including phenoxy) is 1. The molecule has 3 atom stereocenters. The molecule has 170 valence electrons. The highest BCUT2D eigenvalue weighted by Crippen LogP contribution is 2.42. The summed E-state index contributed by atoms with van der Waals surface area (Å²) in [5.74, 6) is -1.45. The third-order valence-electron chi connectivity index (χ3n) is 6.07. The molecule has 2 amide bonds. The summed E-state index contributed by atoms with van der Waals surface area (Å²) in [6, 6.07) is 12.5. The first-order chi connectivity index (χ1) is 15.3. The van der Waals surface area contributed by atoms with Crippen molar-refractivity contribution in [2.24, 2.45) is 5.92 Å². The van der Waals surface area contributed by atoms with Crippen LogP contribution in [0.15, 0.2) is 48.5 Å². The lowest BCUT2D eigenvalue weighted by Crippen LogP contribution is -2.42. The van der Waals surface area contributed by atoms with E-state index in [-0.39, 0.29) is 29.1 Å². The SMILES string of the molecule is O=C(CCl)Nc1cc(C(=O)N2CC(c3ccccc3)C3COCCC32)cc(C(F)(F)F)c1. The van der Waals surface area contributed by atoms with Crippen molar-refractivity contribution < 1.29 is 27.5 Å². The lowest BCUT2D eigenvalue weighted by Gasteiger charge is -2.32. The Morgan fingerprint density at radius 3 is 2.59 bits per heavy atom. The fraction of sp³-hybridized carbons (Fsp3) is 0.391. The number of carbonyl (C=O) groups excluding carboxylic acids is 2. The second-order valence-corrected chi connectivity index (χ2v) is 8.32. The smallest absolute Gasteiger partial charge is 0.381 e. The summed E-state index contributed by atoms with van der Waals surface area (Å²) in [5, 5.41) is 2.32. The Morgan fingerprint density at radius 2 is 1.91 bits per heavy atom. The number of benzene rings is 2. The molecule has 2 fully saturated rings. The number of halogens is 4. The van der Waals surface area contributed by atoms with Crippen LogP contribution in [0, 0.1) is 5.92 Å². The van der Waals surface area contributed by atoms with Crippen LogP contribution < -0.4 is 5.32 Å². The van der Waals surface area contributed by atoms with Gasteiger partial charge in [0.05, 0.1) is 12.2 Å². The van der Waals surface area contributed by atoms with Crippen molar-refractivity contribution in [1.82, 2.24) is 4.90 Å². The van der Waals surface area contributed by atoms with Gasteiger partial charge in [0.25, 0.3) is 5.91 Å². The van der Waals surface area contributed by atoms with E-state index in [1.165, 1.54) is 6.07 Å². The standard InChI is InChI=1S/C23H22ClF3N2O3/c24-11-21(30)28-17-9-15(8-16(10-17)23(25,26)27)22(31)29-12-18(14-4-2-1-3-5-14)19-13-32-7-6-20(19)29/h1-5,8-10,18-20H,6-7,11-13H2,(H,28,30). The summed E-state index contributed by atoms with van der Waals surface area (Å²) >= 11 is 5.47. The zero-order valence-corrected chi connectivity index (χ0v) is 17.8. The lowest BCUT2D eigenvalue weighted by molar-refractivity contribution is -0.137. The summed E-state index contributed by atoms with van der Waals surface area (Å²) in [6.07, 6.45) is -4.05. The van der Waals surface area contributed by atoms with Crippen molar-refractivity contribution in [2.75, 3.05) is 31.0 Å². The Bertz CT molecular complexity index is 1000. The highest BCUT2D eigenvalue weighted by Gasteiger charge is 2.46. The van der Waals surface area contributed by atoms with Gasteiger partial charge in [-0.2, -0.15) is 13.2 Å². The van der Waals surface area contributed by atoms with Gasteiger partial charge in [-0.3, -0.25) is 9.59 Å². The number of hydrogen-bond donors (Lipinski definition) is 1. The summed E-state index contributed by atoms with van der Waals surface area (Å²) in [5.41, 5.74) is -0.169. The van der Waals surface area contributed by atoms with Crippen molar-refractivity contribution >= 4 is 29.1 Å². The molecule has 0 spiro atoms. The second-order valence-electron chi connectivity index (χ2n) is 8.05. The minimum Gasteiger partial charge on any atom is -0.381 e. The monoisotopic (exact) mass is 466 g/mol. The van der Waals surface area contributed by atoms with E-state index in [0.717, 1.165) is 17.7 Å². The number of nitrogens with zero attached hydrogens (tertiary/aromatic N) is 1. The van der Waals surface area contributed by atoms with E-state index < -0.39 is 29.4 Å². The van der Waals surface area contributed by atoms with Crippen LogP contribution >= 0.6 is 11.6 Å². The fourth-order valence-electron chi connectivity index (χ4n) is 4.64. The summed E-state index contributed by atoms with van der Waals surface area (Å²) in [7, 11) is 0. The molecular weight excluding hydrogens is 445 g/mol. The minimum absolute atomic E-state index is 0.0340. The van der Waals surface area contributed by atoms with Gasteiger partial charge in [-0.05, 0) is 30.2 Å². The van der Waals surface area contributed by atoms with Gasteiger partial charge in [0.15, 0.2) is 0 Å². The molecule has 0 aliphatic carbocycles. The van der Waals surface area contributed by atoms with Crippen LogP contribution in [0.25, 0.3) is 0 Å². The molecule has 0 saturated carbocycles. The summed E-state index contributed by atoms with van der Waals surface area (Å²) in [4.78, 5) is 26.7. The van der Waals surface area contributed by atoms with Crippen molar-refractivity contribution in [1.29, 1.82) is 0 Å². The Morgan fingerprint density at radius 1 is 1.16 bits per heavy atom. The fourth-order valence-corrected chi connectivity index (χ4v) is 4.70. The number of likely N-dealkylation sites (tertiary alicyclic amines) is 1. The topological polar surface area (TPSA) is 58.6 Å². The number of anilines is 1. The molecule has 2 aliphatic heterocycles. The van der Waals surface area contributed by atoms with Gasteiger partial charge in [0.2, 0.25) is 5.91 Å². The maximum absolute atomic E-state index is 13.5. The van der Waals surface area contributed by atoms with Gasteiger partial charge in [-0.15, -0.1) is 11.6 Å². The number of hydrogen-bond acceptors (Lipinski definition) is 3. The summed E-state index contributed by atoms with van der Waals surface area (Å²) in [6.45, 7) is 1.38. The molecule has 2 saturated heterocycles. The lowest BCUT2D eigenvalue weighted by atomic mass is 9.84. The third-order valence-corrected chi connectivity index (χ3v) is 6.32. The van der Waals surface area contributed by atoms with Crippen LogP contribution in [-0.2, 0) is 15.7 Å². The highest BCUT2D eigenvalue weighted by atomic mass is 35.5. The first kappa shape index (κ1) is 22.6. The Labute approximate surface area is 188 Å². The van der Waals surface area contributed by atoms with Gasteiger partial charge in [0.1, 0.15) is 5.88 Å². The van der Waals surface area contributed by atoms with Crippen LogP contribution in [0.3, 0.4) is 0 Å². The summed E-state index contributed by atoms with van der Waals surface area (Å²) < 4.78 is 46.1. The zero-order valence-electron chi connectivity index (χ0n) is 17.1. The normalized spacial score (nSPS) is 23.0. The molecule has 0 aromatic heterocycles. The molecule has 4 rings (SSSR count). The van der Waals surface area contributed by atoms with E-state index in [9.17, 15) is 22.8 Å². The molecule has 1 N–H and O–H groups in total. The van der Waals surface area contributed by atoms with Crippen molar-refractivity contribution in [3.8, 4) is 0 Å². The molecule has 0 radical (unpaired) electrons. The molecule has 5 nitrogen and oxygen atoms in total. The largest absolute Gasteiger partial charge is 0.416 e. The van der Waals surface area contributed by atoms with E-state index >= 15 is 0 Å². The van der Waals surface area contributed by atoms with Gasteiger partial charge < -0.3 is 15.0 Å². The number of fused-ring (bicyclic) bond motifs is 1. The van der Waals surface area contributed by atoms with Gasteiger partial charge in [-0.25, -0.2) is 0 Å². The Balaban J connectivity index is 1.68. The molecule has 2 aromatic rings. The molecule has 3 unspecified atom stereocenters. The minimum atomic E-state index is -4.67. The van der Waals surface area contributed by atoms with E-state index in [4.69, 9.17) is 16.3 Å². The first-order valence-electron chi connectivity index (χ1n) is 10.3. The van der Waals surface area contributed by atoms with E-state index in [1.54, 1.807) is 4.90 Å². The number of carbonyl (C=O) groups is 2. The molecule has 9 heteroatoms.